The van der Waals surface area contributed by atoms with E-state index >= 15 is 0 Å². The van der Waals surface area contributed by atoms with E-state index in [4.69, 9.17) is 0 Å². The predicted molar refractivity (Wildman–Crippen MR) is 78.1 cm³/mol. The van der Waals surface area contributed by atoms with E-state index < -0.39 is 25.9 Å². The van der Waals surface area contributed by atoms with E-state index in [0.717, 1.165) is 0 Å². The van der Waals surface area contributed by atoms with Crippen molar-refractivity contribution in [3.8, 4) is 0 Å². The lowest BCUT2D eigenvalue weighted by atomic mass is 10.3. The lowest BCUT2D eigenvalue weighted by Gasteiger charge is -2.12. The number of anilines is 1. The van der Waals surface area contributed by atoms with Crippen LogP contribution in [0, 0.1) is 0 Å². The molecule has 0 aliphatic carbocycles. The minimum absolute atomic E-state index is 0.00164. The highest BCUT2D eigenvalue weighted by Crippen LogP contribution is 2.17. The Balaban J connectivity index is 2.11. The van der Waals surface area contributed by atoms with Crippen molar-refractivity contribution < 1.29 is 21.6 Å². The van der Waals surface area contributed by atoms with Crippen LogP contribution in [0.5, 0.6) is 0 Å². The first-order valence-corrected chi connectivity index (χ1v) is 9.59. The van der Waals surface area contributed by atoms with Gasteiger partial charge in [0.05, 0.1) is 16.4 Å². The highest BCUT2D eigenvalue weighted by atomic mass is 32.2. The van der Waals surface area contributed by atoms with Gasteiger partial charge >= 0.3 is 0 Å². The highest BCUT2D eigenvalue weighted by Gasteiger charge is 2.31. The molecular weight excluding hydrogens is 316 g/mol. The van der Waals surface area contributed by atoms with Gasteiger partial charge in [-0.3, -0.25) is 4.79 Å². The van der Waals surface area contributed by atoms with Gasteiger partial charge in [0.2, 0.25) is 15.9 Å². The van der Waals surface area contributed by atoms with Gasteiger partial charge in [0.15, 0.2) is 9.84 Å². The topological polar surface area (TPSA) is 109 Å². The van der Waals surface area contributed by atoms with Crippen LogP contribution < -0.4 is 10.0 Å². The largest absolute Gasteiger partial charge is 0.326 e. The second-order valence-electron chi connectivity index (χ2n) is 4.93. The fourth-order valence-corrected chi connectivity index (χ4v) is 5.15. The van der Waals surface area contributed by atoms with Crippen LogP contribution in [-0.2, 0) is 24.7 Å². The van der Waals surface area contributed by atoms with E-state index in [2.05, 4.69) is 10.0 Å². The van der Waals surface area contributed by atoms with E-state index in [9.17, 15) is 21.6 Å². The molecule has 0 bridgehead atoms. The van der Waals surface area contributed by atoms with Gasteiger partial charge in [-0.25, -0.2) is 21.6 Å². The van der Waals surface area contributed by atoms with Gasteiger partial charge < -0.3 is 5.32 Å². The number of nitrogens with one attached hydrogen (secondary N) is 2. The standard InChI is InChI=1S/C12H16N2O5S2/c1-9(15)13-10-2-4-12(5-3-10)21(18,19)14-11-6-7-20(16,17)8-11/h2-5,11,14H,6-8H2,1H3,(H,13,15). The summed E-state index contributed by atoms with van der Waals surface area (Å²) in [4.78, 5) is 10.9. The van der Waals surface area contributed by atoms with Crippen LogP contribution in [-0.4, -0.2) is 40.3 Å². The molecule has 1 fully saturated rings. The molecule has 1 unspecified atom stereocenters. The number of carbonyl (C=O) groups excluding carboxylic acids is 1. The van der Waals surface area contributed by atoms with Crippen molar-refractivity contribution in [3.63, 3.8) is 0 Å². The molecule has 0 spiro atoms. The smallest absolute Gasteiger partial charge is 0.240 e. The van der Waals surface area contributed by atoms with Crippen LogP contribution in [0.25, 0.3) is 0 Å². The zero-order chi connectivity index (χ0) is 15.7. The minimum Gasteiger partial charge on any atom is -0.326 e. The second kappa shape index (κ2) is 5.74. The monoisotopic (exact) mass is 332 g/mol. The molecule has 2 rings (SSSR count). The Morgan fingerprint density at radius 3 is 2.33 bits per heavy atom. The first kappa shape index (κ1) is 15.9. The summed E-state index contributed by atoms with van der Waals surface area (Å²) in [5.41, 5.74) is 0.491. The van der Waals surface area contributed by atoms with Crippen molar-refractivity contribution in [1.29, 1.82) is 0 Å². The molecule has 21 heavy (non-hydrogen) atoms. The first-order valence-electron chi connectivity index (χ1n) is 6.28. The van der Waals surface area contributed by atoms with Crippen molar-refractivity contribution in [2.24, 2.45) is 0 Å². The maximum absolute atomic E-state index is 12.1. The fraction of sp³-hybridized carbons (Fsp3) is 0.417. The van der Waals surface area contributed by atoms with Crippen molar-refractivity contribution in [2.45, 2.75) is 24.3 Å². The molecule has 1 saturated heterocycles. The molecule has 1 aliphatic rings. The van der Waals surface area contributed by atoms with Crippen LogP contribution in [0.2, 0.25) is 0 Å². The first-order chi connectivity index (χ1) is 9.68. The Hall–Kier alpha value is -1.45. The Morgan fingerprint density at radius 2 is 1.86 bits per heavy atom. The molecule has 1 atom stereocenters. The van der Waals surface area contributed by atoms with Crippen LogP contribution >= 0.6 is 0 Å². The lowest BCUT2D eigenvalue weighted by molar-refractivity contribution is -0.114. The molecule has 2 N–H and O–H groups in total. The molecule has 1 aliphatic heterocycles. The summed E-state index contributed by atoms with van der Waals surface area (Å²) in [5.74, 6) is -0.419. The number of carbonyl (C=O) groups is 1. The average Bonchev–Trinajstić information content (AvgIpc) is 2.67. The average molecular weight is 332 g/mol. The Labute approximate surface area is 123 Å². The van der Waals surface area contributed by atoms with Gasteiger partial charge in [-0.05, 0) is 30.7 Å². The van der Waals surface area contributed by atoms with E-state index in [-0.39, 0.29) is 28.7 Å². The zero-order valence-electron chi connectivity index (χ0n) is 11.4. The fourth-order valence-electron chi connectivity index (χ4n) is 2.10. The van der Waals surface area contributed by atoms with Gasteiger partial charge in [0.25, 0.3) is 0 Å². The molecule has 0 saturated carbocycles. The van der Waals surface area contributed by atoms with E-state index in [1.165, 1.54) is 31.2 Å². The van der Waals surface area contributed by atoms with Gasteiger partial charge in [-0.1, -0.05) is 0 Å². The Bertz CT molecular complexity index is 738. The maximum Gasteiger partial charge on any atom is 0.240 e. The summed E-state index contributed by atoms with van der Waals surface area (Å²) in [6.07, 6.45) is 0.283. The van der Waals surface area contributed by atoms with Crippen molar-refractivity contribution in [1.82, 2.24) is 4.72 Å². The quantitative estimate of drug-likeness (QED) is 0.813. The molecule has 9 heteroatoms. The van der Waals surface area contributed by atoms with Crippen LogP contribution in [0.1, 0.15) is 13.3 Å². The Morgan fingerprint density at radius 1 is 1.24 bits per heavy atom. The Kier molecular flexibility index (Phi) is 4.35. The number of benzene rings is 1. The summed E-state index contributed by atoms with van der Waals surface area (Å²) in [6.45, 7) is 1.35. The van der Waals surface area contributed by atoms with E-state index in [1.807, 2.05) is 0 Å². The summed E-state index contributed by atoms with van der Waals surface area (Å²) < 4.78 is 49.3. The van der Waals surface area contributed by atoms with Crippen LogP contribution in [0.15, 0.2) is 29.2 Å². The normalized spacial score (nSPS) is 21.1. The third-order valence-electron chi connectivity index (χ3n) is 3.04. The zero-order valence-corrected chi connectivity index (χ0v) is 13.0. The van der Waals surface area contributed by atoms with Crippen LogP contribution in [0.4, 0.5) is 5.69 Å². The van der Waals surface area contributed by atoms with E-state index in [0.29, 0.717) is 5.69 Å². The predicted octanol–water partition coefficient (Wildman–Crippen LogP) is 0.110. The summed E-state index contributed by atoms with van der Waals surface area (Å²) in [7, 11) is -6.91. The summed E-state index contributed by atoms with van der Waals surface area (Å²) in [5, 5.41) is 2.53. The third kappa shape index (κ3) is 4.26. The summed E-state index contributed by atoms with van der Waals surface area (Å²) in [6, 6.07) is 5.08. The van der Waals surface area contributed by atoms with E-state index in [1.54, 1.807) is 0 Å². The molecule has 0 aromatic heterocycles. The van der Waals surface area contributed by atoms with Gasteiger partial charge in [0, 0.05) is 18.7 Å². The van der Waals surface area contributed by atoms with Crippen LogP contribution in [0.3, 0.4) is 0 Å². The number of sulfone groups is 1. The van der Waals surface area contributed by atoms with Gasteiger partial charge in [-0.15, -0.1) is 0 Å². The highest BCUT2D eigenvalue weighted by molar-refractivity contribution is 7.92. The number of sulfonamides is 1. The lowest BCUT2D eigenvalue weighted by Crippen LogP contribution is -2.35. The van der Waals surface area contributed by atoms with Gasteiger partial charge in [-0.2, -0.15) is 0 Å². The SMILES string of the molecule is CC(=O)Nc1ccc(S(=O)(=O)NC2CCS(=O)(=O)C2)cc1. The second-order valence-corrected chi connectivity index (χ2v) is 8.87. The molecule has 1 aromatic carbocycles. The molecular formula is C12H16N2O5S2. The van der Waals surface area contributed by atoms with Gasteiger partial charge in [0.1, 0.15) is 0 Å². The molecule has 116 valence electrons. The number of hydrogen-bond donors (Lipinski definition) is 2. The number of hydrogen-bond acceptors (Lipinski definition) is 5. The summed E-state index contributed by atoms with van der Waals surface area (Å²) >= 11 is 0. The molecule has 1 amide bonds. The maximum atomic E-state index is 12.1. The molecule has 0 radical (unpaired) electrons. The van der Waals surface area contributed by atoms with Crippen molar-refractivity contribution in [2.75, 3.05) is 16.8 Å². The van der Waals surface area contributed by atoms with Crippen molar-refractivity contribution in [3.05, 3.63) is 24.3 Å². The molecule has 1 aromatic rings. The number of rotatable bonds is 4. The molecule has 1 heterocycles. The minimum atomic E-state index is -3.77. The number of amides is 1. The third-order valence-corrected chi connectivity index (χ3v) is 6.34. The molecule has 7 nitrogen and oxygen atoms in total. The van der Waals surface area contributed by atoms with Crippen molar-refractivity contribution >= 4 is 31.5 Å².